The van der Waals surface area contributed by atoms with E-state index in [4.69, 9.17) is 4.74 Å². The molecule has 1 N–H and O–H groups in total. The van der Waals surface area contributed by atoms with Gasteiger partial charge in [-0.25, -0.2) is 12.8 Å². The second-order valence-corrected chi connectivity index (χ2v) is 9.62. The maximum absolute atomic E-state index is 14.0. The zero-order valence-electron chi connectivity index (χ0n) is 15.9. The molecule has 2 aromatic rings. The number of anilines is 1. The maximum Gasteiger partial charge on any atom is 0.243 e. The Morgan fingerprint density at radius 1 is 1.24 bits per heavy atom. The van der Waals surface area contributed by atoms with Crippen LogP contribution in [0.5, 0.6) is 5.75 Å². The van der Waals surface area contributed by atoms with E-state index in [1.165, 1.54) is 35.7 Å². The van der Waals surface area contributed by atoms with Crippen molar-refractivity contribution < 1.29 is 22.3 Å². The molecule has 2 aromatic carbocycles. The topological polar surface area (TPSA) is 75.7 Å². The normalized spacial score (nSPS) is 17.7. The molecular formula is C20H22BrFN2O4S. The molecular weight excluding hydrogens is 463 g/mol. The van der Waals surface area contributed by atoms with Crippen LogP contribution in [-0.4, -0.2) is 38.3 Å². The Balaban J connectivity index is 1.75. The lowest BCUT2D eigenvalue weighted by molar-refractivity contribution is -0.117. The standard InChI is InChI=1S/C20H22BrFN2O4S/c1-28-16-6-8-17(9-7-16)29(26,27)24-11-3-2-4-15(24)13-20(25)23-19-10-5-14(21)12-18(19)22/h5-10,12,15H,2-4,11,13H2,1H3,(H,23,25)/t15-/m0/s1. The number of carbonyl (C=O) groups excluding carboxylic acids is 1. The molecule has 0 bridgehead atoms. The monoisotopic (exact) mass is 484 g/mol. The van der Waals surface area contributed by atoms with E-state index in [0.717, 1.165) is 12.8 Å². The maximum atomic E-state index is 14.0. The van der Waals surface area contributed by atoms with Crippen LogP contribution in [0.4, 0.5) is 10.1 Å². The minimum atomic E-state index is -3.75. The fourth-order valence-corrected chi connectivity index (χ4v) is 5.41. The van der Waals surface area contributed by atoms with Gasteiger partial charge in [0.25, 0.3) is 0 Å². The van der Waals surface area contributed by atoms with E-state index < -0.39 is 27.8 Å². The number of carbonyl (C=O) groups is 1. The summed E-state index contributed by atoms with van der Waals surface area (Å²) in [7, 11) is -2.24. The summed E-state index contributed by atoms with van der Waals surface area (Å²) in [6, 6.07) is 10.0. The number of benzene rings is 2. The Morgan fingerprint density at radius 2 is 1.97 bits per heavy atom. The minimum Gasteiger partial charge on any atom is -0.497 e. The van der Waals surface area contributed by atoms with Crippen LogP contribution in [0.3, 0.4) is 0 Å². The van der Waals surface area contributed by atoms with Crippen LogP contribution < -0.4 is 10.1 Å². The minimum absolute atomic E-state index is 0.0368. The van der Waals surface area contributed by atoms with E-state index in [-0.39, 0.29) is 17.0 Å². The summed E-state index contributed by atoms with van der Waals surface area (Å²) in [5.74, 6) is -0.415. The fraction of sp³-hybridized carbons (Fsp3) is 0.350. The van der Waals surface area contributed by atoms with Crippen LogP contribution in [0.25, 0.3) is 0 Å². The van der Waals surface area contributed by atoms with E-state index in [1.54, 1.807) is 18.2 Å². The lowest BCUT2D eigenvalue weighted by atomic mass is 10.0. The molecule has 9 heteroatoms. The second kappa shape index (κ2) is 9.23. The second-order valence-electron chi connectivity index (χ2n) is 6.82. The highest BCUT2D eigenvalue weighted by Crippen LogP contribution is 2.28. The van der Waals surface area contributed by atoms with Gasteiger partial charge in [-0.15, -0.1) is 0 Å². The number of piperidine rings is 1. The largest absolute Gasteiger partial charge is 0.497 e. The van der Waals surface area contributed by atoms with Crippen molar-refractivity contribution in [3.05, 3.63) is 52.8 Å². The molecule has 1 aliphatic heterocycles. The van der Waals surface area contributed by atoms with Gasteiger partial charge in [-0.3, -0.25) is 4.79 Å². The Bertz CT molecular complexity index is 982. The quantitative estimate of drug-likeness (QED) is 0.667. The fourth-order valence-electron chi connectivity index (χ4n) is 3.38. The van der Waals surface area contributed by atoms with Gasteiger partial charge in [0.05, 0.1) is 17.7 Å². The molecule has 0 aromatic heterocycles. The summed E-state index contributed by atoms with van der Waals surface area (Å²) in [5.41, 5.74) is 0.0681. The Hall–Kier alpha value is -1.97. The first-order chi connectivity index (χ1) is 13.8. The third kappa shape index (κ3) is 5.15. The smallest absolute Gasteiger partial charge is 0.243 e. The van der Waals surface area contributed by atoms with Gasteiger partial charge in [-0.05, 0) is 55.3 Å². The molecule has 1 saturated heterocycles. The molecule has 1 atom stereocenters. The summed E-state index contributed by atoms with van der Waals surface area (Å²) in [6.45, 7) is 0.346. The average molecular weight is 485 g/mol. The van der Waals surface area contributed by atoms with Crippen molar-refractivity contribution in [2.75, 3.05) is 19.0 Å². The number of nitrogens with one attached hydrogen (secondary N) is 1. The summed E-state index contributed by atoms with van der Waals surface area (Å²) in [6.07, 6.45) is 2.10. The number of methoxy groups -OCH3 is 1. The summed E-state index contributed by atoms with van der Waals surface area (Å²) >= 11 is 3.17. The van der Waals surface area contributed by atoms with Gasteiger partial charge in [-0.1, -0.05) is 22.4 Å². The van der Waals surface area contributed by atoms with Crippen LogP contribution >= 0.6 is 15.9 Å². The number of sulfonamides is 1. The number of halogens is 2. The van der Waals surface area contributed by atoms with Gasteiger partial charge in [0, 0.05) is 23.5 Å². The highest BCUT2D eigenvalue weighted by molar-refractivity contribution is 9.10. The Morgan fingerprint density at radius 3 is 2.62 bits per heavy atom. The van der Waals surface area contributed by atoms with Crippen LogP contribution in [0.15, 0.2) is 51.8 Å². The van der Waals surface area contributed by atoms with E-state index in [0.29, 0.717) is 23.2 Å². The van der Waals surface area contributed by atoms with Crippen molar-refractivity contribution >= 4 is 37.5 Å². The molecule has 1 aliphatic rings. The first-order valence-corrected chi connectivity index (χ1v) is 11.5. The number of nitrogens with zero attached hydrogens (tertiary/aromatic N) is 1. The van der Waals surface area contributed by atoms with E-state index in [9.17, 15) is 17.6 Å². The molecule has 3 rings (SSSR count). The Kier molecular flexibility index (Phi) is 6.92. The van der Waals surface area contributed by atoms with Gasteiger partial charge < -0.3 is 10.1 Å². The molecule has 0 spiro atoms. The first kappa shape index (κ1) is 21.7. The highest BCUT2D eigenvalue weighted by atomic mass is 79.9. The molecule has 0 unspecified atom stereocenters. The predicted molar refractivity (Wildman–Crippen MR) is 112 cm³/mol. The number of rotatable bonds is 6. The third-order valence-electron chi connectivity index (χ3n) is 4.87. The number of hydrogen-bond donors (Lipinski definition) is 1. The van der Waals surface area contributed by atoms with Crippen molar-refractivity contribution in [1.82, 2.24) is 4.31 Å². The number of hydrogen-bond acceptors (Lipinski definition) is 4. The molecule has 0 aliphatic carbocycles. The zero-order chi connectivity index (χ0) is 21.0. The van der Waals surface area contributed by atoms with Crippen molar-refractivity contribution in [2.45, 2.75) is 36.6 Å². The third-order valence-corrected chi connectivity index (χ3v) is 7.32. The van der Waals surface area contributed by atoms with Gasteiger partial charge in [0.2, 0.25) is 15.9 Å². The number of ether oxygens (including phenoxy) is 1. The zero-order valence-corrected chi connectivity index (χ0v) is 18.3. The lowest BCUT2D eigenvalue weighted by Crippen LogP contribution is -2.45. The van der Waals surface area contributed by atoms with E-state index in [2.05, 4.69) is 21.2 Å². The molecule has 29 heavy (non-hydrogen) atoms. The molecule has 1 heterocycles. The molecule has 156 valence electrons. The van der Waals surface area contributed by atoms with Crippen molar-refractivity contribution in [2.24, 2.45) is 0 Å². The van der Waals surface area contributed by atoms with E-state index >= 15 is 0 Å². The predicted octanol–water partition coefficient (Wildman–Crippen LogP) is 4.17. The van der Waals surface area contributed by atoms with Crippen LogP contribution in [-0.2, 0) is 14.8 Å². The first-order valence-electron chi connectivity index (χ1n) is 9.22. The van der Waals surface area contributed by atoms with Crippen molar-refractivity contribution in [3.63, 3.8) is 0 Å². The van der Waals surface area contributed by atoms with Crippen LogP contribution in [0.1, 0.15) is 25.7 Å². The van der Waals surface area contributed by atoms with Crippen LogP contribution in [0.2, 0.25) is 0 Å². The van der Waals surface area contributed by atoms with Gasteiger partial charge in [0.1, 0.15) is 11.6 Å². The number of amides is 1. The highest BCUT2D eigenvalue weighted by Gasteiger charge is 2.34. The molecule has 6 nitrogen and oxygen atoms in total. The summed E-state index contributed by atoms with van der Waals surface area (Å²) in [5, 5.41) is 2.54. The van der Waals surface area contributed by atoms with Crippen molar-refractivity contribution in [3.8, 4) is 5.75 Å². The van der Waals surface area contributed by atoms with Crippen molar-refractivity contribution in [1.29, 1.82) is 0 Å². The molecule has 1 amide bonds. The SMILES string of the molecule is COc1ccc(S(=O)(=O)N2CCCC[C@H]2CC(=O)Nc2ccc(Br)cc2F)cc1. The summed E-state index contributed by atoms with van der Waals surface area (Å²) in [4.78, 5) is 12.6. The molecule has 0 radical (unpaired) electrons. The van der Waals surface area contributed by atoms with Crippen LogP contribution in [0, 0.1) is 5.82 Å². The molecule has 0 saturated carbocycles. The van der Waals surface area contributed by atoms with Gasteiger partial charge in [-0.2, -0.15) is 4.31 Å². The van der Waals surface area contributed by atoms with Gasteiger partial charge >= 0.3 is 0 Å². The lowest BCUT2D eigenvalue weighted by Gasteiger charge is -2.34. The van der Waals surface area contributed by atoms with E-state index in [1.807, 2.05) is 0 Å². The summed E-state index contributed by atoms with van der Waals surface area (Å²) < 4.78 is 47.2. The molecule has 1 fully saturated rings. The van der Waals surface area contributed by atoms with Gasteiger partial charge in [0.15, 0.2) is 0 Å². The average Bonchev–Trinajstić information content (AvgIpc) is 2.70. The Labute approximate surface area is 178 Å².